The minimum atomic E-state index is -0.335. The zero-order valence-corrected chi connectivity index (χ0v) is 13.7. The molecular formula is C17H25FN4O2. The van der Waals surface area contributed by atoms with E-state index in [2.05, 4.69) is 15.6 Å². The second kappa shape index (κ2) is 7.79. The van der Waals surface area contributed by atoms with Crippen LogP contribution in [0.1, 0.15) is 32.1 Å². The summed E-state index contributed by atoms with van der Waals surface area (Å²) in [5, 5.41) is 15.5. The van der Waals surface area contributed by atoms with Gasteiger partial charge in [0.2, 0.25) is 0 Å². The van der Waals surface area contributed by atoms with Gasteiger partial charge >= 0.3 is 6.03 Å². The summed E-state index contributed by atoms with van der Waals surface area (Å²) in [5.41, 5.74) is 0. The number of urea groups is 1. The molecule has 1 saturated heterocycles. The quantitative estimate of drug-likeness (QED) is 0.781. The van der Waals surface area contributed by atoms with Gasteiger partial charge in [0, 0.05) is 31.9 Å². The number of rotatable bonds is 4. The van der Waals surface area contributed by atoms with Gasteiger partial charge in [-0.3, -0.25) is 0 Å². The molecule has 3 N–H and O–H groups in total. The molecule has 0 bridgehead atoms. The van der Waals surface area contributed by atoms with Crippen LogP contribution >= 0.6 is 0 Å². The van der Waals surface area contributed by atoms with Gasteiger partial charge in [0.15, 0.2) is 11.6 Å². The molecule has 1 aliphatic heterocycles. The number of nitrogens with one attached hydrogen (secondary N) is 2. The highest BCUT2D eigenvalue weighted by atomic mass is 19.1. The molecule has 2 heterocycles. The first-order valence-electron chi connectivity index (χ1n) is 8.69. The maximum atomic E-state index is 13.8. The van der Waals surface area contributed by atoms with Gasteiger partial charge in [-0.2, -0.15) is 0 Å². The molecule has 132 valence electrons. The zero-order valence-electron chi connectivity index (χ0n) is 13.7. The lowest BCUT2D eigenvalue weighted by molar-refractivity contribution is 0.101. The van der Waals surface area contributed by atoms with E-state index in [1.165, 1.54) is 6.07 Å². The Morgan fingerprint density at radius 3 is 3.08 bits per heavy atom. The van der Waals surface area contributed by atoms with Crippen molar-refractivity contribution in [2.75, 3.05) is 24.5 Å². The number of aliphatic hydroxyl groups is 1. The number of anilines is 1. The van der Waals surface area contributed by atoms with E-state index in [-0.39, 0.29) is 24.0 Å². The number of hydrogen-bond acceptors (Lipinski definition) is 4. The van der Waals surface area contributed by atoms with Crippen molar-refractivity contribution in [1.29, 1.82) is 0 Å². The third-order valence-corrected chi connectivity index (χ3v) is 4.87. The van der Waals surface area contributed by atoms with Gasteiger partial charge in [0.25, 0.3) is 0 Å². The van der Waals surface area contributed by atoms with Crippen LogP contribution in [0.3, 0.4) is 0 Å². The molecule has 3 rings (SSSR count). The lowest BCUT2D eigenvalue weighted by atomic mass is 9.87. The highest BCUT2D eigenvalue weighted by Gasteiger charge is 2.27. The van der Waals surface area contributed by atoms with Crippen LogP contribution in [0.5, 0.6) is 0 Å². The number of hydrogen-bond donors (Lipinski definition) is 3. The highest BCUT2D eigenvalue weighted by Crippen LogP contribution is 2.23. The molecule has 2 aliphatic rings. The van der Waals surface area contributed by atoms with Gasteiger partial charge in [-0.25, -0.2) is 14.2 Å². The van der Waals surface area contributed by atoms with Crippen molar-refractivity contribution in [3.63, 3.8) is 0 Å². The van der Waals surface area contributed by atoms with Crippen molar-refractivity contribution in [3.8, 4) is 0 Å². The van der Waals surface area contributed by atoms with Gasteiger partial charge < -0.3 is 20.6 Å². The lowest BCUT2D eigenvalue weighted by Gasteiger charge is -2.26. The van der Waals surface area contributed by atoms with Gasteiger partial charge in [-0.15, -0.1) is 0 Å². The van der Waals surface area contributed by atoms with Gasteiger partial charge in [-0.05, 0) is 43.7 Å². The summed E-state index contributed by atoms with van der Waals surface area (Å²) >= 11 is 0. The molecule has 1 aromatic rings. The lowest BCUT2D eigenvalue weighted by Crippen LogP contribution is -2.45. The van der Waals surface area contributed by atoms with Crippen LogP contribution in [-0.4, -0.2) is 47.9 Å². The van der Waals surface area contributed by atoms with Crippen molar-refractivity contribution < 1.29 is 14.3 Å². The Morgan fingerprint density at radius 1 is 1.42 bits per heavy atom. The third-order valence-electron chi connectivity index (χ3n) is 4.87. The molecule has 24 heavy (non-hydrogen) atoms. The first-order chi connectivity index (χ1) is 11.6. The highest BCUT2D eigenvalue weighted by molar-refractivity contribution is 5.74. The maximum absolute atomic E-state index is 13.8. The standard InChI is InChI=1S/C17H25FN4O2/c18-15-5-2-7-19-16(15)22-8-6-13(11-22)21-17(24)20-10-12-3-1-4-14(23)9-12/h2,5,7,12-14,23H,1,3-4,6,8-11H2,(H2,20,21,24). The van der Waals surface area contributed by atoms with E-state index in [0.717, 1.165) is 32.1 Å². The van der Waals surface area contributed by atoms with Crippen LogP contribution in [0.15, 0.2) is 18.3 Å². The molecule has 0 aromatic carbocycles. The number of aromatic nitrogens is 1. The Bertz CT molecular complexity index is 571. The minimum absolute atomic E-state index is 0.0108. The van der Waals surface area contributed by atoms with Crippen LogP contribution in [0.25, 0.3) is 0 Å². The molecule has 3 unspecified atom stereocenters. The summed E-state index contributed by atoms with van der Waals surface area (Å²) in [6.45, 7) is 1.82. The SMILES string of the molecule is O=C(NCC1CCCC(O)C1)NC1CCN(c2ncccc2F)C1. The molecular weight excluding hydrogens is 311 g/mol. The summed E-state index contributed by atoms with van der Waals surface area (Å²) in [6.07, 6.45) is 5.80. The van der Waals surface area contributed by atoms with Crippen molar-refractivity contribution in [2.45, 2.75) is 44.2 Å². The van der Waals surface area contributed by atoms with E-state index in [0.29, 0.717) is 31.4 Å². The van der Waals surface area contributed by atoms with Gasteiger partial charge in [0.1, 0.15) is 0 Å². The average molecular weight is 336 g/mol. The molecule has 2 amide bonds. The van der Waals surface area contributed by atoms with E-state index in [9.17, 15) is 14.3 Å². The predicted molar refractivity (Wildman–Crippen MR) is 89.3 cm³/mol. The molecule has 0 spiro atoms. The van der Waals surface area contributed by atoms with Gasteiger partial charge in [-0.1, -0.05) is 6.42 Å². The Morgan fingerprint density at radius 2 is 2.29 bits per heavy atom. The number of aliphatic hydroxyl groups excluding tert-OH is 1. The number of carbonyl (C=O) groups excluding carboxylic acids is 1. The molecule has 2 fully saturated rings. The summed E-state index contributed by atoms with van der Waals surface area (Å²) in [7, 11) is 0. The maximum Gasteiger partial charge on any atom is 0.315 e. The Hall–Kier alpha value is -1.89. The number of nitrogens with zero attached hydrogens (tertiary/aromatic N) is 2. The molecule has 3 atom stereocenters. The van der Waals surface area contributed by atoms with Gasteiger partial charge in [0.05, 0.1) is 6.10 Å². The summed E-state index contributed by atoms with van der Waals surface area (Å²) < 4.78 is 13.8. The minimum Gasteiger partial charge on any atom is -0.393 e. The zero-order chi connectivity index (χ0) is 16.9. The molecule has 7 heteroatoms. The van der Waals surface area contributed by atoms with Crippen LogP contribution in [0.2, 0.25) is 0 Å². The number of amides is 2. The molecule has 1 aliphatic carbocycles. The van der Waals surface area contributed by atoms with E-state index < -0.39 is 0 Å². The molecule has 1 saturated carbocycles. The second-order valence-electron chi connectivity index (χ2n) is 6.78. The fraction of sp³-hybridized carbons (Fsp3) is 0.647. The normalized spacial score (nSPS) is 27.1. The Balaban J connectivity index is 1.42. The fourth-order valence-electron chi connectivity index (χ4n) is 3.60. The van der Waals surface area contributed by atoms with E-state index in [4.69, 9.17) is 0 Å². The monoisotopic (exact) mass is 336 g/mol. The predicted octanol–water partition coefficient (Wildman–Crippen LogP) is 1.65. The first kappa shape index (κ1) is 17.0. The van der Waals surface area contributed by atoms with Crippen LogP contribution in [0.4, 0.5) is 15.0 Å². The van der Waals surface area contributed by atoms with E-state index in [1.54, 1.807) is 12.3 Å². The van der Waals surface area contributed by atoms with Crippen molar-refractivity contribution >= 4 is 11.8 Å². The number of halogens is 1. The Labute approximate surface area is 141 Å². The Kier molecular flexibility index (Phi) is 5.50. The third kappa shape index (κ3) is 4.35. The summed E-state index contributed by atoms with van der Waals surface area (Å²) in [5.74, 6) is 0.360. The topological polar surface area (TPSA) is 77.5 Å². The van der Waals surface area contributed by atoms with E-state index >= 15 is 0 Å². The molecule has 1 aromatic heterocycles. The van der Waals surface area contributed by atoms with Crippen LogP contribution in [-0.2, 0) is 0 Å². The van der Waals surface area contributed by atoms with Crippen molar-refractivity contribution in [1.82, 2.24) is 15.6 Å². The average Bonchev–Trinajstić information content (AvgIpc) is 3.02. The number of carbonyl (C=O) groups is 1. The first-order valence-corrected chi connectivity index (χ1v) is 8.69. The fourth-order valence-corrected chi connectivity index (χ4v) is 3.60. The molecule has 0 radical (unpaired) electrons. The number of pyridine rings is 1. The largest absolute Gasteiger partial charge is 0.393 e. The van der Waals surface area contributed by atoms with Crippen molar-refractivity contribution in [2.24, 2.45) is 5.92 Å². The van der Waals surface area contributed by atoms with Crippen molar-refractivity contribution in [3.05, 3.63) is 24.1 Å². The van der Waals surface area contributed by atoms with Crippen LogP contribution in [0, 0.1) is 11.7 Å². The van der Waals surface area contributed by atoms with E-state index in [1.807, 2.05) is 4.90 Å². The summed E-state index contributed by atoms with van der Waals surface area (Å²) in [6, 6.07) is 2.76. The molecule has 6 nitrogen and oxygen atoms in total. The van der Waals surface area contributed by atoms with Crippen LogP contribution < -0.4 is 15.5 Å². The second-order valence-corrected chi connectivity index (χ2v) is 6.78. The smallest absolute Gasteiger partial charge is 0.315 e. The summed E-state index contributed by atoms with van der Waals surface area (Å²) in [4.78, 5) is 18.0.